The van der Waals surface area contributed by atoms with E-state index in [1.54, 1.807) is 7.11 Å². The van der Waals surface area contributed by atoms with Crippen LogP contribution in [-0.4, -0.2) is 7.11 Å². The monoisotopic (exact) mass is 182 g/mol. The zero-order valence-corrected chi connectivity index (χ0v) is 8.83. The fourth-order valence-electron chi connectivity index (χ4n) is 1.24. The minimum absolute atomic E-state index is 0.947. The van der Waals surface area contributed by atoms with Gasteiger partial charge in [0.2, 0.25) is 0 Å². The molecule has 0 bridgehead atoms. The maximum absolute atomic E-state index is 5.23. The van der Waals surface area contributed by atoms with Crippen LogP contribution in [0, 0.1) is 20.8 Å². The Morgan fingerprint density at radius 3 is 2.25 bits per heavy atom. The third kappa shape index (κ3) is 1.44. The maximum Gasteiger partial charge on any atom is 0.122 e. The van der Waals surface area contributed by atoms with Gasteiger partial charge in [-0.15, -0.1) is 12.6 Å². The Balaban J connectivity index is 3.39. The van der Waals surface area contributed by atoms with Gasteiger partial charge in [-0.1, -0.05) is 0 Å². The highest BCUT2D eigenvalue weighted by Crippen LogP contribution is 2.29. The first-order chi connectivity index (χ1) is 5.57. The number of methoxy groups -OCH3 is 1. The summed E-state index contributed by atoms with van der Waals surface area (Å²) in [6, 6.07) is 2.02. The second-order valence-electron chi connectivity index (χ2n) is 2.99. The fraction of sp³-hybridized carbons (Fsp3) is 0.400. The summed E-state index contributed by atoms with van der Waals surface area (Å²) in [6.07, 6.45) is 0. The molecule has 1 nitrogen and oxygen atoms in total. The summed E-state index contributed by atoms with van der Waals surface area (Å²) < 4.78 is 5.23. The Hall–Kier alpha value is -0.630. The second kappa shape index (κ2) is 3.40. The van der Waals surface area contributed by atoms with E-state index in [9.17, 15) is 0 Å². The van der Waals surface area contributed by atoms with Crippen LogP contribution in [0.5, 0.6) is 5.75 Å². The van der Waals surface area contributed by atoms with Gasteiger partial charge in [0.15, 0.2) is 0 Å². The quantitative estimate of drug-likeness (QED) is 0.657. The Bertz CT molecular complexity index is 305. The van der Waals surface area contributed by atoms with Gasteiger partial charge in [-0.05, 0) is 43.5 Å². The highest BCUT2D eigenvalue weighted by molar-refractivity contribution is 7.80. The van der Waals surface area contributed by atoms with Crippen molar-refractivity contribution in [2.24, 2.45) is 0 Å². The molecule has 1 rings (SSSR count). The molecule has 0 radical (unpaired) electrons. The van der Waals surface area contributed by atoms with E-state index in [0.717, 1.165) is 10.6 Å². The van der Waals surface area contributed by atoms with Gasteiger partial charge in [0.1, 0.15) is 5.75 Å². The molecule has 2 heteroatoms. The largest absolute Gasteiger partial charge is 0.496 e. The Kier molecular flexibility index (Phi) is 2.68. The molecule has 12 heavy (non-hydrogen) atoms. The van der Waals surface area contributed by atoms with Crippen LogP contribution in [-0.2, 0) is 0 Å². The van der Waals surface area contributed by atoms with Crippen molar-refractivity contribution in [1.82, 2.24) is 0 Å². The smallest absolute Gasteiger partial charge is 0.122 e. The summed E-state index contributed by atoms with van der Waals surface area (Å²) in [7, 11) is 1.69. The molecule has 0 heterocycles. The summed E-state index contributed by atoms with van der Waals surface area (Å²) in [5.41, 5.74) is 3.54. The molecular formula is C10H14OS. The third-order valence-electron chi connectivity index (χ3n) is 2.23. The zero-order valence-electron chi connectivity index (χ0n) is 7.93. The fourth-order valence-corrected chi connectivity index (χ4v) is 1.48. The predicted molar refractivity (Wildman–Crippen MR) is 54.5 cm³/mol. The molecule has 0 aliphatic heterocycles. The molecule has 0 saturated carbocycles. The van der Waals surface area contributed by atoms with Crippen molar-refractivity contribution < 1.29 is 4.74 Å². The van der Waals surface area contributed by atoms with Crippen LogP contribution < -0.4 is 4.74 Å². The van der Waals surface area contributed by atoms with Crippen molar-refractivity contribution in [2.45, 2.75) is 25.7 Å². The molecule has 0 spiro atoms. The van der Waals surface area contributed by atoms with Crippen LogP contribution in [0.2, 0.25) is 0 Å². The summed E-state index contributed by atoms with van der Waals surface area (Å²) >= 11 is 4.41. The van der Waals surface area contributed by atoms with Crippen LogP contribution in [0.4, 0.5) is 0 Å². The number of ether oxygens (including phenoxy) is 1. The Morgan fingerprint density at radius 1 is 1.17 bits per heavy atom. The van der Waals surface area contributed by atoms with Crippen molar-refractivity contribution in [1.29, 1.82) is 0 Å². The molecule has 1 aromatic rings. The van der Waals surface area contributed by atoms with E-state index in [2.05, 4.69) is 19.6 Å². The summed E-state index contributed by atoms with van der Waals surface area (Å²) in [5, 5.41) is 0. The van der Waals surface area contributed by atoms with Crippen LogP contribution in [0.3, 0.4) is 0 Å². The molecule has 66 valence electrons. The molecule has 0 fully saturated rings. The van der Waals surface area contributed by atoms with Crippen LogP contribution in [0.1, 0.15) is 16.7 Å². The van der Waals surface area contributed by atoms with E-state index in [0.29, 0.717) is 0 Å². The van der Waals surface area contributed by atoms with Gasteiger partial charge in [-0.2, -0.15) is 0 Å². The van der Waals surface area contributed by atoms with Crippen molar-refractivity contribution >= 4 is 12.6 Å². The molecule has 0 unspecified atom stereocenters. The van der Waals surface area contributed by atoms with Crippen molar-refractivity contribution in [3.63, 3.8) is 0 Å². The topological polar surface area (TPSA) is 9.23 Å². The first-order valence-electron chi connectivity index (χ1n) is 3.91. The van der Waals surface area contributed by atoms with Gasteiger partial charge < -0.3 is 4.74 Å². The Morgan fingerprint density at radius 2 is 1.75 bits per heavy atom. The highest BCUT2D eigenvalue weighted by Gasteiger charge is 2.06. The molecule has 0 amide bonds. The molecule has 0 N–H and O–H groups in total. The van der Waals surface area contributed by atoms with Crippen molar-refractivity contribution in [3.05, 3.63) is 22.8 Å². The van der Waals surface area contributed by atoms with Gasteiger partial charge in [-0.3, -0.25) is 0 Å². The van der Waals surface area contributed by atoms with Gasteiger partial charge in [0.05, 0.1) is 7.11 Å². The minimum atomic E-state index is 0.947. The molecule has 0 aromatic heterocycles. The lowest BCUT2D eigenvalue weighted by molar-refractivity contribution is 0.410. The summed E-state index contributed by atoms with van der Waals surface area (Å²) in [5.74, 6) is 0.947. The molecule has 0 aliphatic carbocycles. The molecular weight excluding hydrogens is 168 g/mol. The standard InChI is InChI=1S/C10H14OS/c1-6-5-9(11-4)7(2)8(3)10(6)12/h5,12H,1-4H3. The molecule has 1 aromatic carbocycles. The lowest BCUT2D eigenvalue weighted by Gasteiger charge is -2.11. The normalized spacial score (nSPS) is 10.1. The average molecular weight is 182 g/mol. The van der Waals surface area contributed by atoms with Gasteiger partial charge in [-0.25, -0.2) is 0 Å². The Labute approximate surface area is 79.2 Å². The highest BCUT2D eigenvalue weighted by atomic mass is 32.1. The third-order valence-corrected chi connectivity index (χ3v) is 2.92. The van der Waals surface area contributed by atoms with Gasteiger partial charge >= 0.3 is 0 Å². The van der Waals surface area contributed by atoms with E-state index in [1.807, 2.05) is 19.9 Å². The SMILES string of the molecule is COc1cc(C)c(S)c(C)c1C. The van der Waals surface area contributed by atoms with E-state index in [4.69, 9.17) is 4.74 Å². The van der Waals surface area contributed by atoms with Gasteiger partial charge in [0, 0.05) is 4.90 Å². The van der Waals surface area contributed by atoms with E-state index < -0.39 is 0 Å². The summed E-state index contributed by atoms with van der Waals surface area (Å²) in [4.78, 5) is 1.06. The molecule has 0 aliphatic rings. The number of hydrogen-bond acceptors (Lipinski definition) is 2. The van der Waals surface area contributed by atoms with Gasteiger partial charge in [0.25, 0.3) is 0 Å². The van der Waals surface area contributed by atoms with E-state index >= 15 is 0 Å². The lowest BCUT2D eigenvalue weighted by atomic mass is 10.1. The zero-order chi connectivity index (χ0) is 9.30. The predicted octanol–water partition coefficient (Wildman–Crippen LogP) is 2.91. The average Bonchev–Trinajstić information content (AvgIpc) is 2.08. The number of hydrogen-bond donors (Lipinski definition) is 1. The number of benzene rings is 1. The molecule has 0 saturated heterocycles. The maximum atomic E-state index is 5.23. The van der Waals surface area contributed by atoms with E-state index in [1.165, 1.54) is 16.7 Å². The number of rotatable bonds is 1. The number of thiol groups is 1. The van der Waals surface area contributed by atoms with Crippen LogP contribution in [0.15, 0.2) is 11.0 Å². The number of aryl methyl sites for hydroxylation is 1. The second-order valence-corrected chi connectivity index (χ2v) is 3.44. The first-order valence-corrected chi connectivity index (χ1v) is 4.36. The van der Waals surface area contributed by atoms with E-state index in [-0.39, 0.29) is 0 Å². The van der Waals surface area contributed by atoms with Crippen LogP contribution >= 0.6 is 12.6 Å². The summed E-state index contributed by atoms with van der Waals surface area (Å²) in [6.45, 7) is 6.15. The first kappa shape index (κ1) is 9.46. The lowest BCUT2D eigenvalue weighted by Crippen LogP contribution is -1.93. The van der Waals surface area contributed by atoms with Crippen LogP contribution in [0.25, 0.3) is 0 Å². The minimum Gasteiger partial charge on any atom is -0.496 e. The van der Waals surface area contributed by atoms with Crippen molar-refractivity contribution in [2.75, 3.05) is 7.11 Å². The van der Waals surface area contributed by atoms with Crippen molar-refractivity contribution in [3.8, 4) is 5.75 Å². The molecule has 0 atom stereocenters.